The van der Waals surface area contributed by atoms with E-state index in [1.54, 1.807) is 6.08 Å². The van der Waals surface area contributed by atoms with Crippen LogP contribution < -0.4 is 4.90 Å². The minimum atomic E-state index is -4.47. The number of anilines is 1. The third kappa shape index (κ3) is 3.40. The maximum Gasteiger partial charge on any atom is 0.416 e. The predicted molar refractivity (Wildman–Crippen MR) is 96.2 cm³/mol. The first-order valence-electron chi connectivity index (χ1n) is 6.77. The van der Waals surface area contributed by atoms with E-state index in [1.807, 2.05) is 19.1 Å². The number of rotatable bonds is 2. The minimum Gasteiger partial charge on any atom is -0.268 e. The number of nitrogens with zero attached hydrogens (tertiary/aromatic N) is 1. The molecule has 0 spiro atoms. The van der Waals surface area contributed by atoms with Gasteiger partial charge in [-0.25, -0.2) is 0 Å². The monoisotopic (exact) mass is 385 g/mol. The summed E-state index contributed by atoms with van der Waals surface area (Å²) in [5, 5.41) is 0. The van der Waals surface area contributed by atoms with Crippen LogP contribution >= 0.6 is 35.3 Å². The zero-order valence-electron chi connectivity index (χ0n) is 12.3. The summed E-state index contributed by atoms with van der Waals surface area (Å²) in [5.74, 6) is -0.407. The molecule has 0 radical (unpaired) electrons. The van der Waals surface area contributed by atoms with Crippen LogP contribution in [0.3, 0.4) is 0 Å². The number of thiocarbonyl (C=S) groups is 1. The summed E-state index contributed by atoms with van der Waals surface area (Å²) in [6, 6.07) is 8.43. The molecule has 1 fully saturated rings. The highest BCUT2D eigenvalue weighted by molar-refractivity contribution is 8.27. The number of carbonyl (C=O) groups excluding carboxylic acids is 1. The molecular weight excluding hydrogens is 375 g/mol. The number of aryl methyl sites for hydroxylation is 1. The van der Waals surface area contributed by atoms with Crippen LogP contribution in [0.1, 0.15) is 15.3 Å². The van der Waals surface area contributed by atoms with Gasteiger partial charge in [-0.2, -0.15) is 13.2 Å². The van der Waals surface area contributed by atoms with Crippen molar-refractivity contribution in [2.45, 2.75) is 13.1 Å². The Morgan fingerprint density at radius 2 is 1.96 bits per heavy atom. The number of halogens is 3. The highest BCUT2D eigenvalue weighted by Gasteiger charge is 2.36. The van der Waals surface area contributed by atoms with Gasteiger partial charge in [0.25, 0.3) is 5.91 Å². The van der Waals surface area contributed by atoms with E-state index in [9.17, 15) is 18.0 Å². The van der Waals surface area contributed by atoms with Crippen molar-refractivity contribution in [3.63, 3.8) is 0 Å². The smallest absolute Gasteiger partial charge is 0.268 e. The van der Waals surface area contributed by atoms with Crippen molar-refractivity contribution in [1.29, 1.82) is 0 Å². The summed E-state index contributed by atoms with van der Waals surface area (Å²) in [4.78, 5) is 16.1. The molecule has 3 rings (SSSR count). The Balaban J connectivity index is 1.94. The highest BCUT2D eigenvalue weighted by Crippen LogP contribution is 2.38. The molecular formula is C16H10F3NOS3. The van der Waals surface area contributed by atoms with Crippen molar-refractivity contribution >= 4 is 57.3 Å². The summed E-state index contributed by atoms with van der Waals surface area (Å²) in [5.41, 5.74) is -0.690. The van der Waals surface area contributed by atoms with Gasteiger partial charge < -0.3 is 0 Å². The number of carbonyl (C=O) groups is 1. The molecule has 24 heavy (non-hydrogen) atoms. The third-order valence-corrected chi connectivity index (χ3v) is 5.51. The quantitative estimate of drug-likeness (QED) is 0.504. The summed E-state index contributed by atoms with van der Waals surface area (Å²) in [6.45, 7) is 1.95. The van der Waals surface area contributed by atoms with Crippen LogP contribution in [0.4, 0.5) is 18.9 Å². The number of thiophene rings is 1. The number of amides is 1. The van der Waals surface area contributed by atoms with Crippen molar-refractivity contribution in [3.8, 4) is 0 Å². The second-order valence-electron chi connectivity index (χ2n) is 5.01. The zero-order valence-corrected chi connectivity index (χ0v) is 14.7. The SMILES string of the molecule is Cc1ccc(/C=C2/SC(=S)N(c3cccc(C(F)(F)F)c3)C2=O)s1. The van der Waals surface area contributed by atoms with Gasteiger partial charge >= 0.3 is 6.18 Å². The Hall–Kier alpha value is -1.64. The Kier molecular flexibility index (Phi) is 4.54. The zero-order chi connectivity index (χ0) is 17.5. The highest BCUT2D eigenvalue weighted by atomic mass is 32.2. The Labute approximate surface area is 150 Å². The van der Waals surface area contributed by atoms with Crippen LogP contribution in [0.2, 0.25) is 0 Å². The van der Waals surface area contributed by atoms with Crippen molar-refractivity contribution < 1.29 is 18.0 Å². The fourth-order valence-electron chi connectivity index (χ4n) is 2.17. The fourth-order valence-corrected chi connectivity index (χ4v) is 4.36. The van der Waals surface area contributed by atoms with E-state index in [2.05, 4.69) is 0 Å². The van der Waals surface area contributed by atoms with Gasteiger partial charge in [0.1, 0.15) is 0 Å². The van der Waals surface area contributed by atoms with Gasteiger partial charge in [-0.1, -0.05) is 30.0 Å². The average Bonchev–Trinajstić information content (AvgIpc) is 3.02. The molecule has 1 aliphatic rings. The van der Waals surface area contributed by atoms with E-state index in [4.69, 9.17) is 12.2 Å². The average molecular weight is 385 g/mol. The normalized spacial score (nSPS) is 17.2. The molecule has 1 saturated heterocycles. The number of hydrogen-bond acceptors (Lipinski definition) is 4. The van der Waals surface area contributed by atoms with E-state index < -0.39 is 17.6 Å². The first-order chi connectivity index (χ1) is 11.3. The topological polar surface area (TPSA) is 20.3 Å². The molecule has 0 atom stereocenters. The first kappa shape index (κ1) is 17.2. The van der Waals surface area contributed by atoms with Crippen LogP contribution in [0.25, 0.3) is 6.08 Å². The molecule has 8 heteroatoms. The van der Waals surface area contributed by atoms with E-state index in [1.165, 1.54) is 23.5 Å². The lowest BCUT2D eigenvalue weighted by Gasteiger charge is -2.16. The Morgan fingerprint density at radius 1 is 1.21 bits per heavy atom. The van der Waals surface area contributed by atoms with Crippen LogP contribution in [0, 0.1) is 6.92 Å². The van der Waals surface area contributed by atoms with Gasteiger partial charge in [0.2, 0.25) is 0 Å². The van der Waals surface area contributed by atoms with Gasteiger partial charge in [-0.05, 0) is 43.3 Å². The fraction of sp³-hybridized carbons (Fsp3) is 0.125. The lowest BCUT2D eigenvalue weighted by molar-refractivity contribution is -0.137. The largest absolute Gasteiger partial charge is 0.416 e. The Bertz CT molecular complexity index is 854. The van der Waals surface area contributed by atoms with E-state index in [0.29, 0.717) is 4.91 Å². The number of alkyl halides is 3. The van der Waals surface area contributed by atoms with Crippen molar-refractivity contribution in [2.75, 3.05) is 4.90 Å². The van der Waals surface area contributed by atoms with E-state index in [0.717, 1.165) is 38.5 Å². The number of thioether (sulfide) groups is 1. The lowest BCUT2D eigenvalue weighted by Crippen LogP contribution is -2.27. The second kappa shape index (κ2) is 6.34. The van der Waals surface area contributed by atoms with Crippen molar-refractivity contribution in [3.05, 3.63) is 56.6 Å². The van der Waals surface area contributed by atoms with Crippen molar-refractivity contribution in [2.24, 2.45) is 0 Å². The van der Waals surface area contributed by atoms with Gasteiger partial charge in [0, 0.05) is 9.75 Å². The molecule has 0 unspecified atom stereocenters. The summed E-state index contributed by atoms with van der Waals surface area (Å²) < 4.78 is 38.8. The maximum atomic E-state index is 12.9. The summed E-state index contributed by atoms with van der Waals surface area (Å²) in [6.07, 6.45) is -2.76. The summed E-state index contributed by atoms with van der Waals surface area (Å²) >= 11 is 7.80. The molecule has 1 aliphatic heterocycles. The lowest BCUT2D eigenvalue weighted by atomic mass is 10.2. The van der Waals surface area contributed by atoms with Crippen LogP contribution in [0.15, 0.2) is 41.3 Å². The first-order valence-corrected chi connectivity index (χ1v) is 8.81. The predicted octanol–water partition coefficient (Wildman–Crippen LogP) is 5.48. The second-order valence-corrected chi connectivity index (χ2v) is 8.01. The minimum absolute atomic E-state index is 0.123. The van der Waals surface area contributed by atoms with Gasteiger partial charge in [-0.3, -0.25) is 9.69 Å². The molecule has 2 aromatic rings. The maximum absolute atomic E-state index is 12.9. The van der Waals surface area contributed by atoms with Crippen molar-refractivity contribution in [1.82, 2.24) is 0 Å². The van der Waals surface area contributed by atoms with E-state index >= 15 is 0 Å². The van der Waals surface area contributed by atoms with E-state index in [-0.39, 0.29) is 10.0 Å². The standard InChI is InChI=1S/C16H10F3NOS3/c1-9-5-6-12(23-9)8-13-14(21)20(15(22)24-13)11-4-2-3-10(7-11)16(17,18)19/h2-8H,1H3/b13-8+. The molecule has 1 aromatic carbocycles. The molecule has 124 valence electrons. The molecule has 2 nitrogen and oxygen atoms in total. The number of hydrogen-bond donors (Lipinski definition) is 0. The van der Waals surface area contributed by atoms with Crippen LogP contribution in [0.5, 0.6) is 0 Å². The van der Waals surface area contributed by atoms with Gasteiger partial charge in [0.15, 0.2) is 4.32 Å². The number of benzene rings is 1. The molecule has 0 bridgehead atoms. The molecule has 1 aromatic heterocycles. The third-order valence-electron chi connectivity index (χ3n) is 3.26. The van der Waals surface area contributed by atoms with Crippen LogP contribution in [-0.2, 0) is 11.0 Å². The molecule has 0 N–H and O–H groups in total. The summed E-state index contributed by atoms with van der Waals surface area (Å²) in [7, 11) is 0. The molecule has 0 saturated carbocycles. The van der Waals surface area contributed by atoms with Gasteiger partial charge in [0.05, 0.1) is 16.2 Å². The molecule has 2 heterocycles. The van der Waals surface area contributed by atoms with Gasteiger partial charge in [-0.15, -0.1) is 11.3 Å². The Morgan fingerprint density at radius 3 is 2.58 bits per heavy atom. The molecule has 1 amide bonds. The van der Waals surface area contributed by atoms with Crippen LogP contribution in [-0.4, -0.2) is 10.2 Å². The molecule has 0 aliphatic carbocycles.